The molecule has 1 unspecified atom stereocenters. The molecule has 0 saturated carbocycles. The summed E-state index contributed by atoms with van der Waals surface area (Å²) < 4.78 is 19.0. The fourth-order valence-corrected chi connectivity index (χ4v) is 2.31. The summed E-state index contributed by atoms with van der Waals surface area (Å²) >= 11 is 0. The molecule has 0 saturated heterocycles. The minimum absolute atomic E-state index is 0.286. The Balaban J connectivity index is 2.02. The van der Waals surface area contributed by atoms with Crippen molar-refractivity contribution < 1.29 is 9.13 Å². The SMILES string of the molecule is COc1ccc(C(N)c2ccc3[nH]c(=O)[nH]c3c2)c(F)c1. The molecule has 0 aliphatic rings. The molecule has 2 aromatic carbocycles. The van der Waals surface area contributed by atoms with Gasteiger partial charge in [0.05, 0.1) is 24.2 Å². The van der Waals surface area contributed by atoms with Crippen LogP contribution < -0.4 is 16.2 Å². The predicted molar refractivity (Wildman–Crippen MR) is 77.9 cm³/mol. The topological polar surface area (TPSA) is 83.9 Å². The first-order valence-electron chi connectivity index (χ1n) is 6.39. The largest absolute Gasteiger partial charge is 0.497 e. The summed E-state index contributed by atoms with van der Waals surface area (Å²) in [4.78, 5) is 16.6. The molecule has 0 spiro atoms. The van der Waals surface area contributed by atoms with Crippen LogP contribution in [0, 0.1) is 5.82 Å². The second kappa shape index (κ2) is 5.06. The number of halogens is 1. The second-order valence-corrected chi connectivity index (χ2v) is 4.75. The number of methoxy groups -OCH3 is 1. The zero-order chi connectivity index (χ0) is 15.0. The molecule has 4 N–H and O–H groups in total. The van der Waals surface area contributed by atoms with Gasteiger partial charge < -0.3 is 20.4 Å². The molecular weight excluding hydrogens is 273 g/mol. The maximum Gasteiger partial charge on any atom is 0.323 e. The Kier molecular flexibility index (Phi) is 3.23. The van der Waals surface area contributed by atoms with Crippen LogP contribution in [0.2, 0.25) is 0 Å². The number of ether oxygens (including phenoxy) is 1. The van der Waals surface area contributed by atoms with Crippen molar-refractivity contribution in [3.63, 3.8) is 0 Å². The molecule has 1 atom stereocenters. The van der Waals surface area contributed by atoms with Crippen LogP contribution in [-0.4, -0.2) is 17.1 Å². The average molecular weight is 287 g/mol. The van der Waals surface area contributed by atoms with Gasteiger partial charge in [0, 0.05) is 11.6 Å². The molecular formula is C15H14FN3O2. The lowest BCUT2D eigenvalue weighted by molar-refractivity contribution is 0.410. The molecule has 21 heavy (non-hydrogen) atoms. The van der Waals surface area contributed by atoms with E-state index in [9.17, 15) is 9.18 Å². The first-order chi connectivity index (χ1) is 10.1. The number of aromatic amines is 2. The molecule has 0 aliphatic carbocycles. The summed E-state index contributed by atoms with van der Waals surface area (Å²) in [5, 5.41) is 0. The highest BCUT2D eigenvalue weighted by molar-refractivity contribution is 5.75. The Hall–Kier alpha value is -2.60. The van der Waals surface area contributed by atoms with Crippen molar-refractivity contribution in [3.8, 4) is 5.75 Å². The van der Waals surface area contributed by atoms with Crippen molar-refractivity contribution in [1.82, 2.24) is 9.97 Å². The normalized spacial score (nSPS) is 12.5. The van der Waals surface area contributed by atoms with Gasteiger partial charge in [-0.3, -0.25) is 0 Å². The molecule has 108 valence electrons. The first-order valence-corrected chi connectivity index (χ1v) is 6.39. The van der Waals surface area contributed by atoms with E-state index >= 15 is 0 Å². The molecule has 3 rings (SSSR count). The third kappa shape index (κ3) is 2.41. The number of benzene rings is 2. The maximum atomic E-state index is 14.1. The average Bonchev–Trinajstić information content (AvgIpc) is 2.85. The number of imidazole rings is 1. The number of hydrogen-bond acceptors (Lipinski definition) is 3. The van der Waals surface area contributed by atoms with E-state index in [1.54, 1.807) is 30.3 Å². The van der Waals surface area contributed by atoms with Crippen molar-refractivity contribution in [2.24, 2.45) is 5.73 Å². The lowest BCUT2D eigenvalue weighted by Gasteiger charge is -2.14. The molecule has 0 aliphatic heterocycles. The molecule has 5 nitrogen and oxygen atoms in total. The quantitative estimate of drug-likeness (QED) is 0.689. The van der Waals surface area contributed by atoms with Crippen LogP contribution in [0.15, 0.2) is 41.2 Å². The fourth-order valence-electron chi connectivity index (χ4n) is 2.31. The van der Waals surface area contributed by atoms with Gasteiger partial charge in [-0.05, 0) is 23.8 Å². The molecule has 6 heteroatoms. The van der Waals surface area contributed by atoms with Crippen LogP contribution in [0.4, 0.5) is 4.39 Å². The van der Waals surface area contributed by atoms with Crippen LogP contribution in [-0.2, 0) is 0 Å². The summed E-state index contributed by atoms with van der Waals surface area (Å²) in [5.41, 5.74) is 8.24. The van der Waals surface area contributed by atoms with Gasteiger partial charge in [0.25, 0.3) is 0 Å². The van der Waals surface area contributed by atoms with Gasteiger partial charge in [0.2, 0.25) is 0 Å². The van der Waals surface area contributed by atoms with Crippen molar-refractivity contribution in [2.75, 3.05) is 7.11 Å². The van der Waals surface area contributed by atoms with Gasteiger partial charge in [0.1, 0.15) is 11.6 Å². The van der Waals surface area contributed by atoms with Gasteiger partial charge in [0.15, 0.2) is 0 Å². The number of nitrogens with two attached hydrogens (primary N) is 1. The summed E-state index contributed by atoms with van der Waals surface area (Å²) in [6.07, 6.45) is 0. The van der Waals surface area contributed by atoms with Crippen molar-refractivity contribution >= 4 is 11.0 Å². The molecule has 1 aromatic heterocycles. The lowest BCUT2D eigenvalue weighted by atomic mass is 9.98. The number of aromatic nitrogens is 2. The number of hydrogen-bond donors (Lipinski definition) is 3. The zero-order valence-corrected chi connectivity index (χ0v) is 11.3. The van der Waals surface area contributed by atoms with Gasteiger partial charge in [-0.15, -0.1) is 0 Å². The Morgan fingerprint density at radius 3 is 2.62 bits per heavy atom. The van der Waals surface area contributed by atoms with Crippen LogP contribution in [0.25, 0.3) is 11.0 Å². The maximum absolute atomic E-state index is 14.1. The number of rotatable bonds is 3. The summed E-state index contributed by atoms with van der Waals surface area (Å²) in [5.74, 6) is 0.0124. The highest BCUT2D eigenvalue weighted by atomic mass is 19.1. The van der Waals surface area contributed by atoms with E-state index in [4.69, 9.17) is 10.5 Å². The molecule has 3 aromatic rings. The summed E-state index contributed by atoms with van der Waals surface area (Å²) in [6, 6.07) is 9.18. The summed E-state index contributed by atoms with van der Waals surface area (Å²) in [7, 11) is 1.48. The van der Waals surface area contributed by atoms with Crippen molar-refractivity contribution in [1.29, 1.82) is 0 Å². The standard InChI is InChI=1S/C15H14FN3O2/c1-21-9-3-4-10(11(16)7-9)14(17)8-2-5-12-13(6-8)19-15(20)18-12/h2-7,14H,17H2,1H3,(H2,18,19,20). The van der Waals surface area contributed by atoms with E-state index in [1.165, 1.54) is 13.2 Å². The monoisotopic (exact) mass is 287 g/mol. The third-order valence-corrected chi connectivity index (χ3v) is 3.44. The highest BCUT2D eigenvalue weighted by Gasteiger charge is 2.15. The molecule has 0 fully saturated rings. The minimum atomic E-state index is -0.626. The van der Waals surface area contributed by atoms with E-state index in [0.29, 0.717) is 27.9 Å². The van der Waals surface area contributed by atoms with Crippen LogP contribution in [0.5, 0.6) is 5.75 Å². The van der Waals surface area contributed by atoms with Gasteiger partial charge in [-0.25, -0.2) is 9.18 Å². The Bertz CT molecular complexity index is 853. The van der Waals surface area contributed by atoms with E-state index < -0.39 is 11.9 Å². The highest BCUT2D eigenvalue weighted by Crippen LogP contribution is 2.26. The molecule has 1 heterocycles. The van der Waals surface area contributed by atoms with Gasteiger partial charge in [-0.1, -0.05) is 12.1 Å². The van der Waals surface area contributed by atoms with Gasteiger partial charge >= 0.3 is 5.69 Å². The lowest BCUT2D eigenvalue weighted by Crippen LogP contribution is -2.13. The Morgan fingerprint density at radius 2 is 1.90 bits per heavy atom. The predicted octanol–water partition coefficient (Wildman–Crippen LogP) is 2.05. The van der Waals surface area contributed by atoms with E-state index in [0.717, 1.165) is 0 Å². The molecule has 0 radical (unpaired) electrons. The molecule has 0 bridgehead atoms. The summed E-state index contributed by atoms with van der Waals surface area (Å²) in [6.45, 7) is 0. The second-order valence-electron chi connectivity index (χ2n) is 4.75. The number of H-pyrrole nitrogens is 2. The van der Waals surface area contributed by atoms with Crippen LogP contribution in [0.3, 0.4) is 0 Å². The zero-order valence-electron chi connectivity index (χ0n) is 11.3. The number of fused-ring (bicyclic) bond motifs is 1. The van der Waals surface area contributed by atoms with E-state index in [2.05, 4.69) is 9.97 Å². The van der Waals surface area contributed by atoms with Crippen LogP contribution >= 0.6 is 0 Å². The van der Waals surface area contributed by atoms with E-state index in [1.807, 2.05) is 0 Å². The van der Waals surface area contributed by atoms with Crippen molar-refractivity contribution in [3.05, 3.63) is 63.8 Å². The Labute approximate surface area is 119 Å². The van der Waals surface area contributed by atoms with Crippen LogP contribution in [0.1, 0.15) is 17.2 Å². The minimum Gasteiger partial charge on any atom is -0.497 e. The van der Waals surface area contributed by atoms with Crippen molar-refractivity contribution in [2.45, 2.75) is 6.04 Å². The fraction of sp³-hybridized carbons (Fsp3) is 0.133. The van der Waals surface area contributed by atoms with Gasteiger partial charge in [-0.2, -0.15) is 0 Å². The third-order valence-electron chi connectivity index (χ3n) is 3.44. The smallest absolute Gasteiger partial charge is 0.323 e. The number of nitrogens with one attached hydrogen (secondary N) is 2. The van der Waals surface area contributed by atoms with E-state index in [-0.39, 0.29) is 5.69 Å². The first kappa shape index (κ1) is 13.4. The Morgan fingerprint density at radius 1 is 1.14 bits per heavy atom. The molecule has 0 amide bonds.